The van der Waals surface area contributed by atoms with Crippen molar-refractivity contribution in [2.24, 2.45) is 4.99 Å². The first-order valence-electron chi connectivity index (χ1n) is 5.85. The summed E-state index contributed by atoms with van der Waals surface area (Å²) >= 11 is 0. The molecule has 0 aliphatic carbocycles. The first-order chi connectivity index (χ1) is 9.22. The van der Waals surface area contributed by atoms with Crippen LogP contribution in [0.15, 0.2) is 57.8 Å². The van der Waals surface area contributed by atoms with Crippen molar-refractivity contribution in [3.05, 3.63) is 65.2 Å². The van der Waals surface area contributed by atoms with Gasteiger partial charge < -0.3 is 9.15 Å². The van der Waals surface area contributed by atoms with Crippen LogP contribution in [0.2, 0.25) is 0 Å². The maximum Gasteiger partial charge on any atom is 0.363 e. The van der Waals surface area contributed by atoms with Crippen LogP contribution < -0.4 is 0 Å². The fraction of sp³-hybridized carbons (Fsp3) is 0.0667. The number of carbonyl (C=O) groups excluding carboxylic acids is 1. The predicted molar refractivity (Wildman–Crippen MR) is 70.5 cm³/mol. The van der Waals surface area contributed by atoms with E-state index in [1.165, 1.54) is 6.26 Å². The lowest BCUT2D eigenvalue weighted by Gasteiger charge is -1.99. The fourth-order valence-corrected chi connectivity index (χ4v) is 1.74. The number of furan rings is 1. The Hall–Kier alpha value is -2.62. The summed E-state index contributed by atoms with van der Waals surface area (Å²) in [6.45, 7) is 1.99. The third-order valence-corrected chi connectivity index (χ3v) is 2.74. The molecule has 0 spiro atoms. The summed E-state index contributed by atoms with van der Waals surface area (Å²) in [5, 5.41) is 0. The number of aryl methyl sites for hydroxylation is 1. The Morgan fingerprint density at radius 1 is 1.16 bits per heavy atom. The van der Waals surface area contributed by atoms with E-state index < -0.39 is 5.97 Å². The van der Waals surface area contributed by atoms with Gasteiger partial charge in [0.05, 0.1) is 6.26 Å². The second-order valence-corrected chi connectivity index (χ2v) is 4.22. The Morgan fingerprint density at radius 2 is 1.95 bits per heavy atom. The number of carbonyl (C=O) groups is 1. The number of ether oxygens (including phenoxy) is 1. The van der Waals surface area contributed by atoms with E-state index in [1.54, 1.807) is 18.2 Å². The van der Waals surface area contributed by atoms with Gasteiger partial charge in [0.2, 0.25) is 5.90 Å². The number of hydrogen-bond acceptors (Lipinski definition) is 4. The number of nitrogens with zero attached hydrogens (tertiary/aromatic N) is 1. The standard InChI is InChI=1S/C15H11NO3/c1-10-4-6-11(7-5-10)14-16-13(15(17)19-14)9-12-3-2-8-18-12/h2-9H,1H3/b13-9+. The van der Waals surface area contributed by atoms with Crippen molar-refractivity contribution in [2.45, 2.75) is 6.92 Å². The van der Waals surface area contributed by atoms with Crippen LogP contribution in [0.3, 0.4) is 0 Å². The smallest absolute Gasteiger partial charge is 0.363 e. The van der Waals surface area contributed by atoms with Gasteiger partial charge >= 0.3 is 5.97 Å². The maximum atomic E-state index is 11.7. The van der Waals surface area contributed by atoms with Crippen LogP contribution in [0, 0.1) is 6.92 Å². The van der Waals surface area contributed by atoms with Gasteiger partial charge in [-0.2, -0.15) is 0 Å². The molecule has 1 aromatic heterocycles. The second kappa shape index (κ2) is 4.57. The van der Waals surface area contributed by atoms with Crippen LogP contribution in [0.5, 0.6) is 0 Å². The van der Waals surface area contributed by atoms with Gasteiger partial charge in [-0.25, -0.2) is 9.79 Å². The van der Waals surface area contributed by atoms with E-state index in [0.717, 1.165) is 11.1 Å². The largest absolute Gasteiger partial charge is 0.465 e. The zero-order valence-electron chi connectivity index (χ0n) is 10.3. The average Bonchev–Trinajstić information content (AvgIpc) is 3.02. The van der Waals surface area contributed by atoms with Gasteiger partial charge in [0.15, 0.2) is 5.70 Å². The molecule has 4 nitrogen and oxygen atoms in total. The van der Waals surface area contributed by atoms with E-state index in [4.69, 9.17) is 9.15 Å². The number of cyclic esters (lactones) is 1. The molecule has 1 aliphatic rings. The van der Waals surface area contributed by atoms with Gasteiger partial charge in [-0.3, -0.25) is 0 Å². The number of rotatable bonds is 2. The highest BCUT2D eigenvalue weighted by Gasteiger charge is 2.24. The van der Waals surface area contributed by atoms with Crippen LogP contribution in [-0.4, -0.2) is 11.9 Å². The van der Waals surface area contributed by atoms with Gasteiger partial charge in [0, 0.05) is 11.6 Å². The highest BCUT2D eigenvalue weighted by molar-refractivity contribution is 6.12. The van der Waals surface area contributed by atoms with E-state index >= 15 is 0 Å². The lowest BCUT2D eigenvalue weighted by Crippen LogP contribution is -2.05. The van der Waals surface area contributed by atoms with Crippen LogP contribution in [0.4, 0.5) is 0 Å². The van der Waals surface area contributed by atoms with Crippen molar-refractivity contribution in [3.63, 3.8) is 0 Å². The highest BCUT2D eigenvalue weighted by atomic mass is 16.6. The molecule has 1 aliphatic heterocycles. The van der Waals surface area contributed by atoms with Crippen molar-refractivity contribution in [2.75, 3.05) is 0 Å². The van der Waals surface area contributed by atoms with Crippen LogP contribution in [0.1, 0.15) is 16.9 Å². The second-order valence-electron chi connectivity index (χ2n) is 4.22. The van der Waals surface area contributed by atoms with Gasteiger partial charge in [-0.1, -0.05) is 17.7 Å². The molecule has 0 radical (unpaired) electrons. The summed E-state index contributed by atoms with van der Waals surface area (Å²) in [6.07, 6.45) is 3.10. The molecule has 0 unspecified atom stereocenters. The SMILES string of the molecule is Cc1ccc(C2=N/C(=C/c3ccco3)C(=O)O2)cc1. The van der Waals surface area contributed by atoms with E-state index in [1.807, 2.05) is 31.2 Å². The van der Waals surface area contributed by atoms with Gasteiger partial charge in [0.25, 0.3) is 0 Å². The Kier molecular flexibility index (Phi) is 2.76. The molecule has 4 heteroatoms. The Labute approximate surface area is 110 Å². The number of benzene rings is 1. The van der Waals surface area contributed by atoms with Crippen LogP contribution in [0.25, 0.3) is 6.08 Å². The minimum atomic E-state index is -0.466. The Balaban J connectivity index is 1.93. The van der Waals surface area contributed by atoms with E-state index in [0.29, 0.717) is 11.7 Å². The third kappa shape index (κ3) is 2.33. The molecule has 0 fully saturated rings. The molecule has 0 saturated carbocycles. The molecule has 0 amide bonds. The molecule has 2 aromatic rings. The maximum absolute atomic E-state index is 11.7. The molecule has 2 heterocycles. The summed E-state index contributed by atoms with van der Waals surface area (Å²) in [4.78, 5) is 15.9. The summed E-state index contributed by atoms with van der Waals surface area (Å²) in [5.41, 5.74) is 2.16. The van der Waals surface area contributed by atoms with Gasteiger partial charge in [0.1, 0.15) is 5.76 Å². The molecule has 94 valence electrons. The quantitative estimate of drug-likeness (QED) is 0.610. The van der Waals surface area contributed by atoms with E-state index in [2.05, 4.69) is 4.99 Å². The molecule has 1 aromatic carbocycles. The molecule has 19 heavy (non-hydrogen) atoms. The van der Waals surface area contributed by atoms with Crippen molar-refractivity contribution in [1.29, 1.82) is 0 Å². The van der Waals surface area contributed by atoms with E-state index in [9.17, 15) is 4.79 Å². The minimum absolute atomic E-state index is 0.241. The van der Waals surface area contributed by atoms with Crippen LogP contribution >= 0.6 is 0 Å². The zero-order valence-corrected chi connectivity index (χ0v) is 10.3. The normalized spacial score (nSPS) is 16.6. The lowest BCUT2D eigenvalue weighted by atomic mass is 10.1. The Morgan fingerprint density at radius 3 is 2.63 bits per heavy atom. The van der Waals surface area contributed by atoms with Crippen molar-refractivity contribution in [3.8, 4) is 0 Å². The summed E-state index contributed by atoms with van der Waals surface area (Å²) in [5.74, 6) is 0.427. The molecule has 0 atom stereocenters. The summed E-state index contributed by atoms with van der Waals surface area (Å²) in [6, 6.07) is 11.1. The molecule has 3 rings (SSSR count). The summed E-state index contributed by atoms with van der Waals surface area (Å²) < 4.78 is 10.3. The molecule has 0 N–H and O–H groups in total. The lowest BCUT2D eigenvalue weighted by molar-refractivity contribution is -0.129. The number of hydrogen-bond donors (Lipinski definition) is 0. The van der Waals surface area contributed by atoms with Crippen molar-refractivity contribution >= 4 is 17.9 Å². The highest BCUT2D eigenvalue weighted by Crippen LogP contribution is 2.19. The third-order valence-electron chi connectivity index (χ3n) is 2.74. The molecular formula is C15H11NO3. The molecule has 0 saturated heterocycles. The predicted octanol–water partition coefficient (Wildman–Crippen LogP) is 2.93. The monoisotopic (exact) mass is 253 g/mol. The summed E-state index contributed by atoms with van der Waals surface area (Å²) in [7, 11) is 0. The molecular weight excluding hydrogens is 242 g/mol. The minimum Gasteiger partial charge on any atom is -0.465 e. The number of aliphatic imine (C=N–C) groups is 1. The Bertz CT molecular complexity index is 664. The average molecular weight is 253 g/mol. The molecule has 0 bridgehead atoms. The van der Waals surface area contributed by atoms with Crippen LogP contribution in [-0.2, 0) is 9.53 Å². The number of esters is 1. The first kappa shape index (κ1) is 11.5. The van der Waals surface area contributed by atoms with E-state index in [-0.39, 0.29) is 5.70 Å². The fourth-order valence-electron chi connectivity index (χ4n) is 1.74. The zero-order chi connectivity index (χ0) is 13.2. The van der Waals surface area contributed by atoms with Gasteiger partial charge in [-0.05, 0) is 31.2 Å². The van der Waals surface area contributed by atoms with Gasteiger partial charge in [-0.15, -0.1) is 0 Å². The first-order valence-corrected chi connectivity index (χ1v) is 5.85. The van der Waals surface area contributed by atoms with Crippen molar-refractivity contribution in [1.82, 2.24) is 0 Å². The topological polar surface area (TPSA) is 51.8 Å². The van der Waals surface area contributed by atoms with Crippen molar-refractivity contribution < 1.29 is 13.9 Å².